The zero-order valence-electron chi connectivity index (χ0n) is 11.5. The quantitative estimate of drug-likeness (QED) is 0.548. The molecule has 1 aromatic carbocycles. The Morgan fingerprint density at radius 2 is 2.10 bits per heavy atom. The third-order valence-electron chi connectivity index (χ3n) is 2.75. The molecule has 8 nitrogen and oxygen atoms in total. The van der Waals surface area contributed by atoms with Crippen LogP contribution in [-0.2, 0) is 0 Å². The summed E-state index contributed by atoms with van der Waals surface area (Å²) in [6.45, 7) is 2.54. The molecule has 8 heteroatoms. The van der Waals surface area contributed by atoms with Gasteiger partial charge in [-0.1, -0.05) is 18.2 Å². The molecule has 0 radical (unpaired) electrons. The summed E-state index contributed by atoms with van der Waals surface area (Å²) >= 11 is 0. The molecular weight excluding hydrogens is 272 g/mol. The molecule has 0 aliphatic heterocycles. The Balaban J connectivity index is 1.91. The topological polar surface area (TPSA) is 119 Å². The number of rotatable bonds is 6. The van der Waals surface area contributed by atoms with Crippen molar-refractivity contribution in [2.45, 2.75) is 13.0 Å². The van der Waals surface area contributed by atoms with Crippen molar-refractivity contribution in [1.82, 2.24) is 9.97 Å². The summed E-state index contributed by atoms with van der Waals surface area (Å²) in [5, 5.41) is 16.9. The highest BCUT2D eigenvalue weighted by molar-refractivity contribution is 5.53. The van der Waals surface area contributed by atoms with Crippen LogP contribution in [0, 0.1) is 10.1 Å². The Morgan fingerprint density at radius 1 is 1.38 bits per heavy atom. The lowest BCUT2D eigenvalue weighted by molar-refractivity contribution is -0.384. The zero-order chi connectivity index (χ0) is 15.2. The molecule has 0 spiro atoms. The molecule has 1 aromatic heterocycles. The Morgan fingerprint density at radius 3 is 2.71 bits per heavy atom. The van der Waals surface area contributed by atoms with Gasteiger partial charge in [-0.05, 0) is 19.1 Å². The average molecular weight is 288 g/mol. The maximum Gasteiger partial charge on any atom is 0.329 e. The number of aromatic nitrogens is 2. The third kappa shape index (κ3) is 4.03. The molecule has 1 unspecified atom stereocenters. The van der Waals surface area contributed by atoms with Gasteiger partial charge < -0.3 is 16.4 Å². The lowest BCUT2D eigenvalue weighted by Crippen LogP contribution is -2.25. The van der Waals surface area contributed by atoms with Crippen LogP contribution in [0.1, 0.15) is 6.92 Å². The fraction of sp³-hybridized carbons (Fsp3) is 0.231. The highest BCUT2D eigenvalue weighted by atomic mass is 16.6. The maximum atomic E-state index is 10.6. The van der Waals surface area contributed by atoms with Crippen molar-refractivity contribution in [3.63, 3.8) is 0 Å². The van der Waals surface area contributed by atoms with E-state index in [4.69, 9.17) is 5.73 Å². The number of nitrogens with one attached hydrogen (secondary N) is 2. The van der Waals surface area contributed by atoms with Crippen LogP contribution in [0.5, 0.6) is 0 Å². The number of nitrogen functional groups attached to an aromatic ring is 1. The van der Waals surface area contributed by atoms with E-state index in [1.807, 2.05) is 37.3 Å². The number of hydrogen-bond donors (Lipinski definition) is 3. The number of nitrogens with zero attached hydrogens (tertiary/aromatic N) is 3. The smallest absolute Gasteiger partial charge is 0.329 e. The van der Waals surface area contributed by atoms with Gasteiger partial charge >= 0.3 is 5.69 Å². The second-order valence-corrected chi connectivity index (χ2v) is 4.51. The molecule has 2 rings (SSSR count). The van der Waals surface area contributed by atoms with Crippen molar-refractivity contribution in [2.24, 2.45) is 0 Å². The summed E-state index contributed by atoms with van der Waals surface area (Å²) in [6.07, 6.45) is 1.10. The van der Waals surface area contributed by atoms with Crippen LogP contribution in [0.3, 0.4) is 0 Å². The number of nitro groups is 1. The van der Waals surface area contributed by atoms with Gasteiger partial charge in [0.2, 0.25) is 11.8 Å². The van der Waals surface area contributed by atoms with Crippen LogP contribution in [0.25, 0.3) is 0 Å². The highest BCUT2D eigenvalue weighted by Gasteiger charge is 2.14. The first-order valence-corrected chi connectivity index (χ1v) is 6.38. The predicted octanol–water partition coefficient (Wildman–Crippen LogP) is 1.88. The Bertz CT molecular complexity index is 619. The molecule has 2 aromatic rings. The van der Waals surface area contributed by atoms with E-state index in [1.54, 1.807) is 0 Å². The van der Waals surface area contributed by atoms with E-state index in [1.165, 1.54) is 0 Å². The second-order valence-electron chi connectivity index (χ2n) is 4.51. The van der Waals surface area contributed by atoms with Crippen molar-refractivity contribution in [3.05, 3.63) is 46.6 Å². The van der Waals surface area contributed by atoms with E-state index < -0.39 is 4.92 Å². The van der Waals surface area contributed by atoms with Gasteiger partial charge in [0.25, 0.3) is 0 Å². The fourth-order valence-corrected chi connectivity index (χ4v) is 1.73. The molecule has 0 bridgehead atoms. The first-order chi connectivity index (χ1) is 10.1. The first-order valence-electron chi connectivity index (χ1n) is 6.38. The van der Waals surface area contributed by atoms with Gasteiger partial charge in [-0.3, -0.25) is 10.1 Å². The number of benzene rings is 1. The lowest BCUT2D eigenvalue weighted by Gasteiger charge is -2.15. The minimum absolute atomic E-state index is 0.118. The van der Waals surface area contributed by atoms with Crippen LogP contribution in [-0.4, -0.2) is 27.5 Å². The first kappa shape index (κ1) is 14.5. The van der Waals surface area contributed by atoms with Gasteiger partial charge in [-0.25, -0.2) is 4.98 Å². The summed E-state index contributed by atoms with van der Waals surface area (Å²) < 4.78 is 0. The van der Waals surface area contributed by atoms with Crippen LogP contribution in [0.15, 0.2) is 36.5 Å². The van der Waals surface area contributed by atoms with Crippen molar-refractivity contribution in [3.8, 4) is 0 Å². The van der Waals surface area contributed by atoms with Crippen LogP contribution in [0.2, 0.25) is 0 Å². The number of anilines is 3. The molecule has 0 aliphatic rings. The summed E-state index contributed by atoms with van der Waals surface area (Å²) in [5.41, 5.74) is 6.22. The molecule has 110 valence electrons. The predicted molar refractivity (Wildman–Crippen MR) is 81.1 cm³/mol. The molecule has 1 heterocycles. The van der Waals surface area contributed by atoms with Crippen molar-refractivity contribution >= 4 is 23.1 Å². The van der Waals surface area contributed by atoms with Gasteiger partial charge in [-0.15, -0.1) is 0 Å². The molecule has 0 aliphatic carbocycles. The van der Waals surface area contributed by atoms with Gasteiger partial charge in [-0.2, -0.15) is 4.98 Å². The molecule has 0 fully saturated rings. The summed E-state index contributed by atoms with van der Waals surface area (Å²) in [7, 11) is 0. The molecular formula is C13H16N6O2. The monoisotopic (exact) mass is 288 g/mol. The molecule has 21 heavy (non-hydrogen) atoms. The van der Waals surface area contributed by atoms with Crippen LogP contribution in [0.4, 0.5) is 23.1 Å². The largest absolute Gasteiger partial charge is 0.381 e. The number of para-hydroxylation sites is 1. The molecule has 4 N–H and O–H groups in total. The minimum atomic E-state index is -0.612. The Labute approximate surface area is 121 Å². The lowest BCUT2D eigenvalue weighted by atomic mass is 10.2. The average Bonchev–Trinajstić information content (AvgIpc) is 2.46. The minimum Gasteiger partial charge on any atom is -0.381 e. The van der Waals surface area contributed by atoms with E-state index in [0.29, 0.717) is 6.54 Å². The van der Waals surface area contributed by atoms with Crippen LogP contribution >= 0.6 is 0 Å². The van der Waals surface area contributed by atoms with E-state index in [2.05, 4.69) is 20.6 Å². The summed E-state index contributed by atoms with van der Waals surface area (Å²) in [6, 6.07) is 9.90. The van der Waals surface area contributed by atoms with Crippen molar-refractivity contribution in [1.29, 1.82) is 0 Å². The van der Waals surface area contributed by atoms with Gasteiger partial charge in [0.05, 0.1) is 4.92 Å². The second kappa shape index (κ2) is 6.51. The summed E-state index contributed by atoms with van der Waals surface area (Å²) in [5.74, 6) is 0.112. The molecule has 0 saturated carbocycles. The SMILES string of the molecule is CC(CNc1ncc([N+](=O)[O-])c(N)n1)Nc1ccccc1. The van der Waals surface area contributed by atoms with Crippen molar-refractivity contribution in [2.75, 3.05) is 22.9 Å². The molecule has 1 atom stereocenters. The normalized spacial score (nSPS) is 11.7. The Hall–Kier alpha value is -2.90. The van der Waals surface area contributed by atoms with Crippen molar-refractivity contribution < 1.29 is 4.92 Å². The Kier molecular flexibility index (Phi) is 4.50. The fourth-order valence-electron chi connectivity index (χ4n) is 1.73. The molecule has 0 saturated heterocycles. The summed E-state index contributed by atoms with van der Waals surface area (Å²) in [4.78, 5) is 17.7. The maximum absolute atomic E-state index is 10.6. The number of nitrogens with two attached hydrogens (primary N) is 1. The van der Waals surface area contributed by atoms with Gasteiger partial charge in [0.1, 0.15) is 6.20 Å². The van der Waals surface area contributed by atoms with E-state index in [9.17, 15) is 10.1 Å². The van der Waals surface area contributed by atoms with Crippen LogP contribution < -0.4 is 16.4 Å². The van der Waals surface area contributed by atoms with Gasteiger partial charge in [0, 0.05) is 18.3 Å². The third-order valence-corrected chi connectivity index (χ3v) is 2.75. The highest BCUT2D eigenvalue weighted by Crippen LogP contribution is 2.18. The zero-order valence-corrected chi connectivity index (χ0v) is 11.5. The van der Waals surface area contributed by atoms with E-state index in [-0.39, 0.29) is 23.5 Å². The standard InChI is InChI=1S/C13H16N6O2/c1-9(17-10-5-3-2-4-6-10)7-15-13-16-8-11(19(20)21)12(14)18-13/h2-6,8-9,17H,7H2,1H3,(H3,14,15,16,18). The van der Waals surface area contributed by atoms with E-state index in [0.717, 1.165) is 11.9 Å². The van der Waals surface area contributed by atoms with Gasteiger partial charge in [0.15, 0.2) is 0 Å². The molecule has 0 amide bonds. The number of hydrogen-bond acceptors (Lipinski definition) is 7. The van der Waals surface area contributed by atoms with E-state index >= 15 is 0 Å².